The molecule has 0 aliphatic heterocycles. The van der Waals surface area contributed by atoms with Gasteiger partial charge in [0.2, 0.25) is 11.8 Å². The van der Waals surface area contributed by atoms with Crippen LogP contribution >= 0.6 is 11.3 Å². The number of carbonyl (C=O) groups is 3. The maximum atomic E-state index is 13.6. The summed E-state index contributed by atoms with van der Waals surface area (Å²) in [4.78, 5) is 41.1. The summed E-state index contributed by atoms with van der Waals surface area (Å²) in [5.74, 6) is -1.13. The molecule has 3 amide bonds. The first-order valence-electron chi connectivity index (χ1n) is 11.2. The first-order chi connectivity index (χ1) is 16.5. The molecule has 0 saturated heterocycles. The van der Waals surface area contributed by atoms with E-state index in [4.69, 9.17) is 4.42 Å². The van der Waals surface area contributed by atoms with Crippen LogP contribution in [0.1, 0.15) is 52.7 Å². The molecule has 4 rings (SSSR count). The van der Waals surface area contributed by atoms with Gasteiger partial charge in [-0.05, 0) is 54.1 Å². The highest BCUT2D eigenvalue weighted by Gasteiger charge is 2.34. The summed E-state index contributed by atoms with van der Waals surface area (Å²) >= 11 is 1.27. The van der Waals surface area contributed by atoms with Gasteiger partial charge in [-0.25, -0.2) is 4.39 Å². The van der Waals surface area contributed by atoms with Crippen molar-refractivity contribution >= 4 is 29.1 Å². The Morgan fingerprint density at radius 3 is 2.50 bits per heavy atom. The smallest absolute Gasteiger partial charge is 0.261 e. The van der Waals surface area contributed by atoms with Crippen LogP contribution in [0.2, 0.25) is 0 Å². The number of furan rings is 1. The van der Waals surface area contributed by atoms with Gasteiger partial charge in [-0.1, -0.05) is 31.0 Å². The topological polar surface area (TPSA) is 91.7 Å². The van der Waals surface area contributed by atoms with Crippen LogP contribution < -0.4 is 10.6 Å². The molecule has 0 bridgehead atoms. The van der Waals surface area contributed by atoms with Crippen molar-refractivity contribution in [1.29, 1.82) is 0 Å². The van der Waals surface area contributed by atoms with Gasteiger partial charge in [-0.3, -0.25) is 14.4 Å². The van der Waals surface area contributed by atoms with Crippen molar-refractivity contribution < 1.29 is 23.2 Å². The maximum absolute atomic E-state index is 13.6. The number of nitrogens with zero attached hydrogens (tertiary/aromatic N) is 1. The lowest BCUT2D eigenvalue weighted by Crippen LogP contribution is -2.48. The van der Waals surface area contributed by atoms with E-state index in [-0.39, 0.29) is 30.9 Å². The maximum Gasteiger partial charge on any atom is 0.261 e. The Kier molecular flexibility index (Phi) is 7.74. The molecule has 2 aromatic heterocycles. The fraction of sp³-hybridized carbons (Fsp3) is 0.320. The van der Waals surface area contributed by atoms with Crippen molar-refractivity contribution in [1.82, 2.24) is 15.5 Å². The molecule has 2 N–H and O–H groups in total. The molecule has 1 aromatic carbocycles. The molecule has 1 saturated carbocycles. The normalized spacial score (nSPS) is 14.5. The summed E-state index contributed by atoms with van der Waals surface area (Å²) in [5.41, 5.74) is 0.474. The molecule has 7 nitrogen and oxygen atoms in total. The predicted molar refractivity (Wildman–Crippen MR) is 125 cm³/mol. The van der Waals surface area contributed by atoms with Gasteiger partial charge < -0.3 is 20.0 Å². The van der Waals surface area contributed by atoms with E-state index in [0.717, 1.165) is 25.7 Å². The molecule has 1 aliphatic carbocycles. The zero-order valence-corrected chi connectivity index (χ0v) is 19.4. The third-order valence-corrected chi connectivity index (χ3v) is 6.69. The van der Waals surface area contributed by atoms with Gasteiger partial charge in [0.05, 0.1) is 24.2 Å². The second kappa shape index (κ2) is 11.1. The van der Waals surface area contributed by atoms with Gasteiger partial charge in [0.15, 0.2) is 0 Å². The van der Waals surface area contributed by atoms with Crippen molar-refractivity contribution in [2.75, 3.05) is 6.54 Å². The standard InChI is InChI=1S/C25H26FN3O4S/c26-18-11-9-17(10-12-18)23(25(32)28-19-5-1-2-6-19)29(16-20-7-3-13-33-20)22(30)15-27-24(31)21-8-4-14-34-21/h3-4,7-14,19,23H,1-2,5-6,15-16H2,(H,27,31)(H,28,32)/t23-/m1/s1. The number of hydrogen-bond acceptors (Lipinski definition) is 5. The van der Waals surface area contributed by atoms with Crippen molar-refractivity contribution in [3.8, 4) is 0 Å². The van der Waals surface area contributed by atoms with Gasteiger partial charge >= 0.3 is 0 Å². The lowest BCUT2D eigenvalue weighted by molar-refractivity contribution is -0.141. The summed E-state index contributed by atoms with van der Waals surface area (Å²) in [5, 5.41) is 7.46. The highest BCUT2D eigenvalue weighted by atomic mass is 32.1. The van der Waals surface area contributed by atoms with E-state index in [1.54, 1.807) is 29.6 Å². The number of thiophene rings is 1. The minimum absolute atomic E-state index is 0.0147. The zero-order valence-electron chi connectivity index (χ0n) is 18.5. The molecule has 1 aliphatic rings. The van der Waals surface area contributed by atoms with Crippen molar-refractivity contribution in [3.05, 3.63) is 82.2 Å². The van der Waals surface area contributed by atoms with Crippen LogP contribution in [-0.4, -0.2) is 35.2 Å². The van der Waals surface area contributed by atoms with Gasteiger partial charge in [-0.15, -0.1) is 11.3 Å². The Morgan fingerprint density at radius 1 is 1.09 bits per heavy atom. The summed E-state index contributed by atoms with van der Waals surface area (Å²) in [7, 11) is 0. The minimum Gasteiger partial charge on any atom is -0.467 e. The van der Waals surface area contributed by atoms with Crippen LogP contribution in [0.5, 0.6) is 0 Å². The molecule has 34 heavy (non-hydrogen) atoms. The lowest BCUT2D eigenvalue weighted by Gasteiger charge is -2.32. The molecule has 0 spiro atoms. The lowest BCUT2D eigenvalue weighted by atomic mass is 10.0. The molecular formula is C25H26FN3O4S. The summed E-state index contributed by atoms with van der Waals surface area (Å²) < 4.78 is 19.1. The van der Waals surface area contributed by atoms with Gasteiger partial charge in [0, 0.05) is 6.04 Å². The van der Waals surface area contributed by atoms with Crippen molar-refractivity contribution in [2.45, 2.75) is 44.3 Å². The Hall–Kier alpha value is -3.46. The average molecular weight is 484 g/mol. The molecule has 0 unspecified atom stereocenters. The third-order valence-electron chi connectivity index (χ3n) is 5.82. The SMILES string of the molecule is O=C(NCC(=O)N(Cc1ccco1)[C@@H](C(=O)NC1CCCC1)c1ccc(F)cc1)c1cccs1. The monoisotopic (exact) mass is 483 g/mol. The largest absolute Gasteiger partial charge is 0.467 e. The molecule has 3 aromatic rings. The number of halogens is 1. The van der Waals surface area contributed by atoms with Crippen LogP contribution in [-0.2, 0) is 16.1 Å². The van der Waals surface area contributed by atoms with Crippen LogP contribution in [0.15, 0.2) is 64.6 Å². The Balaban J connectivity index is 1.60. The van der Waals surface area contributed by atoms with E-state index >= 15 is 0 Å². The number of benzene rings is 1. The van der Waals surface area contributed by atoms with Gasteiger partial charge in [-0.2, -0.15) is 0 Å². The molecule has 1 atom stereocenters. The van der Waals surface area contributed by atoms with E-state index < -0.39 is 17.8 Å². The first kappa shape index (κ1) is 23.7. The van der Waals surface area contributed by atoms with E-state index in [2.05, 4.69) is 10.6 Å². The second-order valence-corrected chi connectivity index (χ2v) is 9.15. The van der Waals surface area contributed by atoms with Gasteiger partial charge in [0.25, 0.3) is 5.91 Å². The van der Waals surface area contributed by atoms with Crippen molar-refractivity contribution in [2.24, 2.45) is 0 Å². The highest BCUT2D eigenvalue weighted by molar-refractivity contribution is 7.12. The minimum atomic E-state index is -1.02. The molecule has 178 valence electrons. The van der Waals surface area contributed by atoms with Crippen LogP contribution in [0.3, 0.4) is 0 Å². The fourth-order valence-corrected chi connectivity index (χ4v) is 4.75. The quantitative estimate of drug-likeness (QED) is 0.481. The molecule has 0 radical (unpaired) electrons. The van der Waals surface area contributed by atoms with Gasteiger partial charge in [0.1, 0.15) is 17.6 Å². The van der Waals surface area contributed by atoms with Crippen LogP contribution in [0, 0.1) is 5.82 Å². The summed E-state index contributed by atoms with van der Waals surface area (Å²) in [6.45, 7) is -0.285. The number of rotatable bonds is 9. The van der Waals surface area contributed by atoms with Crippen LogP contribution in [0.25, 0.3) is 0 Å². The van der Waals surface area contributed by atoms with E-state index in [9.17, 15) is 18.8 Å². The molecule has 2 heterocycles. The highest BCUT2D eigenvalue weighted by Crippen LogP contribution is 2.26. The second-order valence-electron chi connectivity index (χ2n) is 8.21. The Bertz CT molecular complexity index is 1090. The molecule has 1 fully saturated rings. The number of amides is 3. The predicted octanol–water partition coefficient (Wildman–Crippen LogP) is 4.04. The summed E-state index contributed by atoms with van der Waals surface area (Å²) in [6, 6.07) is 11.4. The first-order valence-corrected chi connectivity index (χ1v) is 12.1. The fourth-order valence-electron chi connectivity index (χ4n) is 4.11. The van der Waals surface area contributed by atoms with Crippen LogP contribution in [0.4, 0.5) is 4.39 Å². The number of nitrogens with one attached hydrogen (secondary N) is 2. The van der Waals surface area contributed by atoms with E-state index in [1.165, 1.54) is 46.8 Å². The number of hydrogen-bond donors (Lipinski definition) is 2. The van der Waals surface area contributed by atoms with Crippen molar-refractivity contribution in [3.63, 3.8) is 0 Å². The Labute approximate surface area is 200 Å². The molecular weight excluding hydrogens is 457 g/mol. The molecule has 9 heteroatoms. The van der Waals surface area contributed by atoms with E-state index in [0.29, 0.717) is 16.2 Å². The Morgan fingerprint density at radius 2 is 1.85 bits per heavy atom. The third kappa shape index (κ3) is 5.91. The van der Waals surface area contributed by atoms with E-state index in [1.807, 2.05) is 0 Å². The number of carbonyl (C=O) groups excluding carboxylic acids is 3. The summed E-state index contributed by atoms with van der Waals surface area (Å²) in [6.07, 6.45) is 5.32. The zero-order chi connectivity index (χ0) is 23.9. The average Bonchev–Trinajstić information content (AvgIpc) is 3.62.